The molecule has 130 valence electrons. The number of H-pyrrole nitrogens is 1. The Labute approximate surface area is 143 Å². The summed E-state index contributed by atoms with van der Waals surface area (Å²) in [5, 5.41) is 0. The number of rotatable bonds is 8. The maximum Gasteiger partial charge on any atom is 0.165 e. The second-order valence-corrected chi connectivity index (χ2v) is 6.96. The number of aromatic nitrogens is 2. The van der Waals surface area contributed by atoms with E-state index >= 15 is 0 Å². The average Bonchev–Trinajstić information content (AvgIpc) is 3.27. The molecule has 1 fully saturated rings. The van der Waals surface area contributed by atoms with Gasteiger partial charge in [-0.2, -0.15) is 0 Å². The molecular weight excluding hydrogens is 303 g/mol. The van der Waals surface area contributed by atoms with Crippen molar-refractivity contribution in [2.45, 2.75) is 51.9 Å². The lowest BCUT2D eigenvalue weighted by atomic mass is 9.81. The molecule has 1 aromatic heterocycles. The Morgan fingerprint density at radius 3 is 2.75 bits per heavy atom. The third kappa shape index (κ3) is 3.63. The van der Waals surface area contributed by atoms with Gasteiger partial charge in [0.25, 0.3) is 0 Å². The molecule has 0 aliphatic heterocycles. The first-order valence-electron chi connectivity index (χ1n) is 8.96. The summed E-state index contributed by atoms with van der Waals surface area (Å²) < 4.78 is 19.1. The topological polar surface area (TPSA) is 37.9 Å². The Kier molecular flexibility index (Phi) is 5.22. The average molecular weight is 330 g/mol. The van der Waals surface area contributed by atoms with Gasteiger partial charge in [0.05, 0.1) is 7.11 Å². The predicted molar refractivity (Wildman–Crippen MR) is 93.8 cm³/mol. The second-order valence-electron chi connectivity index (χ2n) is 6.96. The second kappa shape index (κ2) is 7.37. The SMILES string of the molecule is CCC(CCc1cc(F)c(OC)cc1C)C(c1ncc[nH]1)C1CC1. The fraction of sp³-hybridized carbons (Fsp3) is 0.550. The molecule has 3 rings (SSSR count). The van der Waals surface area contributed by atoms with E-state index in [1.165, 1.54) is 20.0 Å². The largest absolute Gasteiger partial charge is 0.494 e. The smallest absolute Gasteiger partial charge is 0.165 e. The Bertz CT molecular complexity index is 665. The first-order chi connectivity index (χ1) is 11.6. The number of hydrogen-bond donors (Lipinski definition) is 1. The van der Waals surface area contributed by atoms with E-state index in [2.05, 4.69) is 16.9 Å². The van der Waals surface area contributed by atoms with Crippen molar-refractivity contribution >= 4 is 0 Å². The molecule has 3 nitrogen and oxygen atoms in total. The third-order valence-electron chi connectivity index (χ3n) is 5.39. The number of nitrogens with zero attached hydrogens (tertiary/aromatic N) is 1. The molecule has 1 aliphatic rings. The molecule has 2 aromatic rings. The van der Waals surface area contributed by atoms with Gasteiger partial charge in [0.15, 0.2) is 11.6 Å². The molecule has 0 amide bonds. The monoisotopic (exact) mass is 330 g/mol. The van der Waals surface area contributed by atoms with Gasteiger partial charge in [0, 0.05) is 18.3 Å². The summed E-state index contributed by atoms with van der Waals surface area (Å²) in [6, 6.07) is 3.44. The quantitative estimate of drug-likeness (QED) is 0.738. The summed E-state index contributed by atoms with van der Waals surface area (Å²) in [6.07, 6.45) is 9.46. The van der Waals surface area contributed by atoms with Gasteiger partial charge >= 0.3 is 0 Å². The number of aromatic amines is 1. The Morgan fingerprint density at radius 1 is 1.38 bits per heavy atom. The number of ether oxygens (including phenoxy) is 1. The van der Waals surface area contributed by atoms with Gasteiger partial charge in [-0.3, -0.25) is 0 Å². The van der Waals surface area contributed by atoms with E-state index in [0.717, 1.165) is 42.1 Å². The van der Waals surface area contributed by atoms with Crippen LogP contribution in [0.1, 0.15) is 55.5 Å². The molecule has 2 atom stereocenters. The van der Waals surface area contributed by atoms with E-state index < -0.39 is 0 Å². The number of halogens is 1. The van der Waals surface area contributed by atoms with Gasteiger partial charge in [-0.1, -0.05) is 13.3 Å². The molecule has 4 heteroatoms. The van der Waals surface area contributed by atoms with Crippen LogP contribution < -0.4 is 4.74 Å². The minimum atomic E-state index is -0.268. The highest BCUT2D eigenvalue weighted by Gasteiger charge is 2.38. The molecule has 0 bridgehead atoms. The number of methoxy groups -OCH3 is 1. The minimum absolute atomic E-state index is 0.268. The Morgan fingerprint density at radius 2 is 2.17 bits per heavy atom. The van der Waals surface area contributed by atoms with E-state index in [-0.39, 0.29) is 5.82 Å². The van der Waals surface area contributed by atoms with Crippen LogP contribution in [0.25, 0.3) is 0 Å². The highest BCUT2D eigenvalue weighted by atomic mass is 19.1. The molecule has 2 unspecified atom stereocenters. The van der Waals surface area contributed by atoms with Crippen molar-refractivity contribution in [2.75, 3.05) is 7.11 Å². The first kappa shape index (κ1) is 17.0. The molecule has 1 heterocycles. The van der Waals surface area contributed by atoms with Crippen LogP contribution in [0.4, 0.5) is 4.39 Å². The summed E-state index contributed by atoms with van der Waals surface area (Å²) in [4.78, 5) is 7.84. The zero-order valence-electron chi connectivity index (χ0n) is 14.8. The molecular formula is C20H27FN2O. The van der Waals surface area contributed by atoms with Crippen molar-refractivity contribution in [1.82, 2.24) is 9.97 Å². The summed E-state index contributed by atoms with van der Waals surface area (Å²) in [5.74, 6) is 3.03. The van der Waals surface area contributed by atoms with Crippen molar-refractivity contribution in [3.05, 3.63) is 47.3 Å². The fourth-order valence-electron chi connectivity index (χ4n) is 3.85. The van der Waals surface area contributed by atoms with Gasteiger partial charge in [0.1, 0.15) is 5.82 Å². The summed E-state index contributed by atoms with van der Waals surface area (Å²) in [6.45, 7) is 4.29. The van der Waals surface area contributed by atoms with Crippen LogP contribution in [0.2, 0.25) is 0 Å². The minimum Gasteiger partial charge on any atom is -0.494 e. The van der Waals surface area contributed by atoms with Crippen LogP contribution in [0.15, 0.2) is 24.5 Å². The van der Waals surface area contributed by atoms with Crippen molar-refractivity contribution in [2.24, 2.45) is 11.8 Å². The van der Waals surface area contributed by atoms with Crippen LogP contribution in [-0.4, -0.2) is 17.1 Å². The molecule has 1 N–H and O–H groups in total. The van der Waals surface area contributed by atoms with Gasteiger partial charge < -0.3 is 9.72 Å². The van der Waals surface area contributed by atoms with Gasteiger partial charge in [0.2, 0.25) is 0 Å². The van der Waals surface area contributed by atoms with Crippen LogP contribution in [0, 0.1) is 24.6 Å². The van der Waals surface area contributed by atoms with Gasteiger partial charge in [-0.25, -0.2) is 9.37 Å². The normalized spacial score (nSPS) is 16.8. The van der Waals surface area contributed by atoms with E-state index in [9.17, 15) is 4.39 Å². The van der Waals surface area contributed by atoms with Crippen molar-refractivity contribution in [1.29, 1.82) is 0 Å². The lowest BCUT2D eigenvalue weighted by molar-refractivity contribution is 0.341. The number of imidazole rings is 1. The van der Waals surface area contributed by atoms with E-state index in [0.29, 0.717) is 17.6 Å². The van der Waals surface area contributed by atoms with Gasteiger partial charge in [-0.05, 0) is 67.7 Å². The predicted octanol–water partition coefficient (Wildman–Crippen LogP) is 5.02. The molecule has 0 spiro atoms. The summed E-state index contributed by atoms with van der Waals surface area (Å²) >= 11 is 0. The number of nitrogens with one attached hydrogen (secondary N) is 1. The maximum absolute atomic E-state index is 14.0. The molecule has 1 saturated carbocycles. The lowest BCUT2D eigenvalue weighted by Crippen LogP contribution is -2.17. The summed E-state index contributed by atoms with van der Waals surface area (Å²) in [5.41, 5.74) is 2.19. The highest BCUT2D eigenvalue weighted by Crippen LogP contribution is 2.47. The molecule has 1 aliphatic carbocycles. The maximum atomic E-state index is 14.0. The number of benzene rings is 1. The standard InChI is InChI=1S/C20H27FN2O/c1-4-14(19(15-6-7-15)20-22-9-10-23-20)5-8-16-12-17(21)18(24-3)11-13(16)2/h9-12,14-15,19H,4-8H2,1-3H3,(H,22,23). The van der Waals surface area contributed by atoms with Crippen LogP contribution >= 0.6 is 0 Å². The van der Waals surface area contributed by atoms with E-state index in [1.807, 2.05) is 19.3 Å². The summed E-state index contributed by atoms with van der Waals surface area (Å²) in [7, 11) is 1.51. The van der Waals surface area contributed by atoms with Gasteiger partial charge in [-0.15, -0.1) is 0 Å². The number of aryl methyl sites for hydroxylation is 2. The molecule has 0 radical (unpaired) electrons. The number of hydrogen-bond acceptors (Lipinski definition) is 2. The van der Waals surface area contributed by atoms with Crippen LogP contribution in [0.5, 0.6) is 5.75 Å². The first-order valence-corrected chi connectivity index (χ1v) is 8.96. The zero-order chi connectivity index (χ0) is 17.1. The van der Waals surface area contributed by atoms with Crippen molar-refractivity contribution in [3.63, 3.8) is 0 Å². The zero-order valence-corrected chi connectivity index (χ0v) is 14.8. The molecule has 0 saturated heterocycles. The third-order valence-corrected chi connectivity index (χ3v) is 5.39. The van der Waals surface area contributed by atoms with Crippen LogP contribution in [-0.2, 0) is 6.42 Å². The fourth-order valence-corrected chi connectivity index (χ4v) is 3.85. The Balaban J connectivity index is 1.73. The Hall–Kier alpha value is -1.84. The molecule has 1 aromatic carbocycles. The van der Waals surface area contributed by atoms with Crippen molar-refractivity contribution in [3.8, 4) is 5.75 Å². The molecule has 24 heavy (non-hydrogen) atoms. The van der Waals surface area contributed by atoms with E-state index in [1.54, 1.807) is 12.1 Å². The highest BCUT2D eigenvalue weighted by molar-refractivity contribution is 5.36. The lowest BCUT2D eigenvalue weighted by Gasteiger charge is -2.25. The van der Waals surface area contributed by atoms with E-state index in [4.69, 9.17) is 4.74 Å². The van der Waals surface area contributed by atoms with Crippen molar-refractivity contribution < 1.29 is 9.13 Å². The van der Waals surface area contributed by atoms with Crippen LogP contribution in [0.3, 0.4) is 0 Å².